The van der Waals surface area contributed by atoms with Gasteiger partial charge in [-0.1, -0.05) is 20.3 Å². The summed E-state index contributed by atoms with van der Waals surface area (Å²) in [4.78, 5) is 26.1. The standard InChI is InChI=1S/C19H23NO4S/c1-3-9-24-19(22)16-13-8-7-12(4-2)11-15(13)25-18(16)20-17(21)14-6-5-10-23-14/h5-6,10,12H,3-4,7-9,11H2,1-2H3,(H,20,21)/t12-/m1/s1. The predicted octanol–water partition coefficient (Wildman–Crippen LogP) is 4.68. The SMILES string of the molecule is CCCOC(=O)c1c(NC(=O)c2ccco2)sc2c1CC[C@@H](CC)C2. The molecule has 2 aromatic heterocycles. The number of nitrogens with one attached hydrogen (secondary N) is 1. The maximum absolute atomic E-state index is 12.6. The van der Waals surface area contributed by atoms with Crippen molar-refractivity contribution >= 4 is 28.2 Å². The number of carbonyl (C=O) groups excluding carboxylic acids is 2. The van der Waals surface area contributed by atoms with E-state index in [2.05, 4.69) is 12.2 Å². The fourth-order valence-corrected chi connectivity index (χ4v) is 4.49. The molecule has 1 aliphatic rings. The Balaban J connectivity index is 1.91. The van der Waals surface area contributed by atoms with Crippen LogP contribution < -0.4 is 5.32 Å². The molecule has 1 N–H and O–H groups in total. The predicted molar refractivity (Wildman–Crippen MR) is 97.4 cm³/mol. The van der Waals surface area contributed by atoms with E-state index < -0.39 is 0 Å². The van der Waals surface area contributed by atoms with Gasteiger partial charge >= 0.3 is 5.97 Å². The van der Waals surface area contributed by atoms with Crippen molar-refractivity contribution in [3.63, 3.8) is 0 Å². The molecule has 1 aliphatic carbocycles. The number of ether oxygens (including phenoxy) is 1. The molecule has 0 fully saturated rings. The molecule has 134 valence electrons. The molecule has 5 nitrogen and oxygen atoms in total. The Morgan fingerprint density at radius 2 is 2.24 bits per heavy atom. The van der Waals surface area contributed by atoms with E-state index in [4.69, 9.17) is 9.15 Å². The lowest BCUT2D eigenvalue weighted by Gasteiger charge is -2.21. The second kappa shape index (κ2) is 7.87. The lowest BCUT2D eigenvalue weighted by molar-refractivity contribution is 0.0505. The Kier molecular flexibility index (Phi) is 5.58. The first-order valence-corrected chi connectivity index (χ1v) is 9.62. The first-order valence-electron chi connectivity index (χ1n) is 8.80. The third-order valence-electron chi connectivity index (χ3n) is 4.56. The molecule has 0 aromatic carbocycles. The third kappa shape index (κ3) is 3.79. The molecule has 2 heterocycles. The summed E-state index contributed by atoms with van der Waals surface area (Å²) in [5.74, 6) is 0.175. The minimum absolute atomic E-state index is 0.227. The number of anilines is 1. The van der Waals surface area contributed by atoms with Crippen LogP contribution in [0.4, 0.5) is 5.00 Å². The van der Waals surface area contributed by atoms with Crippen LogP contribution in [0.5, 0.6) is 0 Å². The van der Waals surface area contributed by atoms with Crippen molar-refractivity contribution in [1.82, 2.24) is 0 Å². The summed E-state index contributed by atoms with van der Waals surface area (Å²) in [7, 11) is 0. The molecule has 6 heteroatoms. The first kappa shape index (κ1) is 17.7. The molecule has 3 rings (SSSR count). The minimum atomic E-state index is -0.347. The highest BCUT2D eigenvalue weighted by atomic mass is 32.1. The van der Waals surface area contributed by atoms with Gasteiger partial charge in [0.25, 0.3) is 5.91 Å². The molecule has 0 saturated carbocycles. The Labute approximate surface area is 151 Å². The van der Waals surface area contributed by atoms with E-state index in [1.165, 1.54) is 22.5 Å². The Hall–Kier alpha value is -2.08. The maximum atomic E-state index is 12.6. The van der Waals surface area contributed by atoms with Crippen molar-refractivity contribution in [2.75, 3.05) is 11.9 Å². The number of furan rings is 1. The summed E-state index contributed by atoms with van der Waals surface area (Å²) in [6, 6.07) is 3.27. The number of thiophene rings is 1. The van der Waals surface area contributed by atoms with Crippen molar-refractivity contribution in [1.29, 1.82) is 0 Å². The molecular formula is C19H23NO4S. The first-order chi connectivity index (χ1) is 12.1. The molecule has 0 bridgehead atoms. The highest BCUT2D eigenvalue weighted by Gasteiger charge is 2.30. The van der Waals surface area contributed by atoms with Gasteiger partial charge in [-0.2, -0.15) is 0 Å². The number of amides is 1. The van der Waals surface area contributed by atoms with Gasteiger partial charge in [-0.05, 0) is 49.3 Å². The molecular weight excluding hydrogens is 338 g/mol. The Morgan fingerprint density at radius 3 is 2.92 bits per heavy atom. The van der Waals surface area contributed by atoms with E-state index in [1.807, 2.05) is 6.92 Å². The van der Waals surface area contributed by atoms with Gasteiger partial charge < -0.3 is 14.5 Å². The smallest absolute Gasteiger partial charge is 0.341 e. The van der Waals surface area contributed by atoms with Crippen LogP contribution in [0.25, 0.3) is 0 Å². The molecule has 1 amide bonds. The van der Waals surface area contributed by atoms with Gasteiger partial charge in [-0.25, -0.2) is 4.79 Å². The summed E-state index contributed by atoms with van der Waals surface area (Å²) >= 11 is 1.49. The van der Waals surface area contributed by atoms with Crippen LogP contribution in [0.15, 0.2) is 22.8 Å². The average molecular weight is 361 g/mol. The largest absolute Gasteiger partial charge is 0.462 e. The fourth-order valence-electron chi connectivity index (χ4n) is 3.15. The fraction of sp³-hybridized carbons (Fsp3) is 0.474. The molecule has 0 radical (unpaired) electrons. The van der Waals surface area contributed by atoms with Crippen LogP contribution in [0, 0.1) is 5.92 Å². The van der Waals surface area contributed by atoms with Crippen LogP contribution >= 0.6 is 11.3 Å². The lowest BCUT2D eigenvalue weighted by Crippen LogP contribution is -2.17. The van der Waals surface area contributed by atoms with Gasteiger partial charge in [0, 0.05) is 4.88 Å². The molecule has 2 aromatic rings. The average Bonchev–Trinajstić information content (AvgIpc) is 3.26. The van der Waals surface area contributed by atoms with E-state index >= 15 is 0 Å². The number of esters is 1. The van der Waals surface area contributed by atoms with Crippen LogP contribution in [0.1, 0.15) is 64.5 Å². The molecule has 0 aliphatic heterocycles. The van der Waals surface area contributed by atoms with E-state index in [1.54, 1.807) is 12.1 Å². The van der Waals surface area contributed by atoms with Gasteiger partial charge in [0.2, 0.25) is 0 Å². The topological polar surface area (TPSA) is 68.5 Å². The van der Waals surface area contributed by atoms with E-state index in [0.29, 0.717) is 23.1 Å². The number of fused-ring (bicyclic) bond motifs is 1. The molecule has 25 heavy (non-hydrogen) atoms. The van der Waals surface area contributed by atoms with Gasteiger partial charge in [0.05, 0.1) is 18.4 Å². The number of carbonyl (C=O) groups is 2. The van der Waals surface area contributed by atoms with Crippen LogP contribution in [0.3, 0.4) is 0 Å². The quantitative estimate of drug-likeness (QED) is 0.759. The highest BCUT2D eigenvalue weighted by molar-refractivity contribution is 7.17. The Bertz CT molecular complexity index is 748. The maximum Gasteiger partial charge on any atom is 0.341 e. The van der Waals surface area contributed by atoms with E-state index in [0.717, 1.165) is 37.7 Å². The lowest BCUT2D eigenvalue weighted by atomic mass is 9.85. The summed E-state index contributed by atoms with van der Waals surface area (Å²) < 4.78 is 10.5. The monoisotopic (exact) mass is 361 g/mol. The van der Waals surface area contributed by atoms with Crippen molar-refractivity contribution in [3.8, 4) is 0 Å². The zero-order valence-electron chi connectivity index (χ0n) is 14.6. The highest BCUT2D eigenvalue weighted by Crippen LogP contribution is 2.41. The number of rotatable bonds is 6. The second-order valence-corrected chi connectivity index (χ2v) is 7.40. The van der Waals surface area contributed by atoms with Gasteiger partial charge in [0.1, 0.15) is 5.00 Å². The summed E-state index contributed by atoms with van der Waals surface area (Å²) in [6.07, 6.45) is 6.24. The summed E-state index contributed by atoms with van der Waals surface area (Å²) in [6.45, 7) is 4.54. The molecule has 1 atom stereocenters. The van der Waals surface area contributed by atoms with E-state index in [-0.39, 0.29) is 17.6 Å². The van der Waals surface area contributed by atoms with Crippen LogP contribution in [0.2, 0.25) is 0 Å². The van der Waals surface area contributed by atoms with Gasteiger partial charge in [-0.3, -0.25) is 4.79 Å². The van der Waals surface area contributed by atoms with Crippen molar-refractivity contribution in [3.05, 3.63) is 40.2 Å². The van der Waals surface area contributed by atoms with Gasteiger partial charge in [-0.15, -0.1) is 11.3 Å². The number of hydrogen-bond acceptors (Lipinski definition) is 5. The van der Waals surface area contributed by atoms with Gasteiger partial charge in [0.15, 0.2) is 5.76 Å². The van der Waals surface area contributed by atoms with Crippen molar-refractivity contribution in [2.24, 2.45) is 5.92 Å². The number of hydrogen-bond donors (Lipinski definition) is 1. The van der Waals surface area contributed by atoms with Crippen LogP contribution in [-0.2, 0) is 17.6 Å². The second-order valence-electron chi connectivity index (χ2n) is 6.29. The zero-order valence-corrected chi connectivity index (χ0v) is 15.4. The van der Waals surface area contributed by atoms with Crippen LogP contribution in [-0.4, -0.2) is 18.5 Å². The third-order valence-corrected chi connectivity index (χ3v) is 5.73. The zero-order chi connectivity index (χ0) is 17.8. The van der Waals surface area contributed by atoms with Crippen molar-refractivity contribution in [2.45, 2.75) is 46.0 Å². The normalized spacial score (nSPS) is 16.3. The Morgan fingerprint density at radius 1 is 1.40 bits per heavy atom. The summed E-state index contributed by atoms with van der Waals surface area (Å²) in [5, 5.41) is 3.42. The van der Waals surface area contributed by atoms with E-state index in [9.17, 15) is 9.59 Å². The minimum Gasteiger partial charge on any atom is -0.462 e. The van der Waals surface area contributed by atoms with Crippen molar-refractivity contribution < 1.29 is 18.7 Å². The molecule has 0 unspecified atom stereocenters. The molecule has 0 spiro atoms. The summed E-state index contributed by atoms with van der Waals surface area (Å²) in [5.41, 5.74) is 1.58. The molecule has 0 saturated heterocycles.